The van der Waals surface area contributed by atoms with Gasteiger partial charge in [-0.25, -0.2) is 0 Å². The van der Waals surface area contributed by atoms with Gasteiger partial charge in [-0.15, -0.1) is 0 Å². The van der Waals surface area contributed by atoms with Crippen LogP contribution in [0.15, 0.2) is 24.3 Å². The molecule has 1 saturated heterocycles. The van der Waals surface area contributed by atoms with Crippen LogP contribution < -0.4 is 15.8 Å². The van der Waals surface area contributed by atoms with E-state index < -0.39 is 0 Å². The van der Waals surface area contributed by atoms with E-state index in [1.165, 1.54) is 0 Å². The third-order valence-electron chi connectivity index (χ3n) is 3.07. The molecule has 0 aliphatic carbocycles. The summed E-state index contributed by atoms with van der Waals surface area (Å²) in [5.74, 6) is 0.858. The lowest BCUT2D eigenvalue weighted by Crippen LogP contribution is -2.40. The van der Waals surface area contributed by atoms with Crippen LogP contribution >= 0.6 is 0 Å². The summed E-state index contributed by atoms with van der Waals surface area (Å²) in [4.78, 5) is 0. The van der Waals surface area contributed by atoms with Crippen molar-refractivity contribution in [1.82, 2.24) is 5.32 Å². The van der Waals surface area contributed by atoms with Crippen LogP contribution in [0.1, 0.15) is 18.0 Å². The highest BCUT2D eigenvalue weighted by molar-refractivity contribution is 5.28. The summed E-state index contributed by atoms with van der Waals surface area (Å²) in [5, 5.41) is 3.31. The van der Waals surface area contributed by atoms with E-state index in [1.807, 2.05) is 24.3 Å². The lowest BCUT2D eigenvalue weighted by molar-refractivity contribution is 0.0195. The first-order valence-corrected chi connectivity index (χ1v) is 6.01. The minimum Gasteiger partial charge on any atom is -0.497 e. The van der Waals surface area contributed by atoms with E-state index in [-0.39, 0.29) is 12.1 Å². The van der Waals surface area contributed by atoms with Gasteiger partial charge in [0, 0.05) is 19.1 Å². The molecule has 94 valence electrons. The van der Waals surface area contributed by atoms with Crippen molar-refractivity contribution in [3.63, 3.8) is 0 Å². The fourth-order valence-corrected chi connectivity index (χ4v) is 2.04. The number of rotatable bonds is 4. The molecule has 0 aromatic heterocycles. The molecule has 0 amide bonds. The third-order valence-corrected chi connectivity index (χ3v) is 3.07. The van der Waals surface area contributed by atoms with E-state index in [0.717, 1.165) is 37.4 Å². The van der Waals surface area contributed by atoms with E-state index >= 15 is 0 Å². The first-order valence-electron chi connectivity index (χ1n) is 6.01. The topological polar surface area (TPSA) is 56.5 Å². The summed E-state index contributed by atoms with van der Waals surface area (Å²) >= 11 is 0. The molecule has 2 atom stereocenters. The van der Waals surface area contributed by atoms with E-state index in [1.54, 1.807) is 7.11 Å². The Morgan fingerprint density at radius 2 is 2.24 bits per heavy atom. The Morgan fingerprint density at radius 3 is 2.82 bits per heavy atom. The van der Waals surface area contributed by atoms with Gasteiger partial charge in [0.1, 0.15) is 5.75 Å². The maximum Gasteiger partial charge on any atom is 0.118 e. The molecule has 1 fully saturated rings. The molecule has 0 spiro atoms. The number of hydrogen-bond acceptors (Lipinski definition) is 4. The van der Waals surface area contributed by atoms with Crippen molar-refractivity contribution in [3.05, 3.63) is 29.8 Å². The average molecular weight is 236 g/mol. The van der Waals surface area contributed by atoms with Crippen molar-refractivity contribution >= 4 is 0 Å². The van der Waals surface area contributed by atoms with Gasteiger partial charge in [-0.3, -0.25) is 0 Å². The standard InChI is InChI=1S/C13H20N2O2/c1-16-11-4-2-10(3-5-11)13(14)8-12-9-15-6-7-17-12/h2-5,12-13,15H,6-9,14H2,1H3. The molecule has 4 nitrogen and oxygen atoms in total. The Kier molecular flexibility index (Phi) is 4.36. The van der Waals surface area contributed by atoms with Gasteiger partial charge in [-0.1, -0.05) is 12.1 Å². The highest BCUT2D eigenvalue weighted by Gasteiger charge is 2.17. The van der Waals surface area contributed by atoms with E-state index in [0.29, 0.717) is 0 Å². The Balaban J connectivity index is 1.91. The molecular formula is C13H20N2O2. The number of nitrogens with two attached hydrogens (primary N) is 1. The molecule has 3 N–H and O–H groups in total. The van der Waals surface area contributed by atoms with Gasteiger partial charge in [0.15, 0.2) is 0 Å². The maximum atomic E-state index is 6.17. The predicted molar refractivity (Wildman–Crippen MR) is 67.1 cm³/mol. The van der Waals surface area contributed by atoms with E-state index in [2.05, 4.69) is 5.32 Å². The Hall–Kier alpha value is -1.10. The number of ether oxygens (including phenoxy) is 2. The normalized spacial score (nSPS) is 22.1. The van der Waals surface area contributed by atoms with Crippen LogP contribution in [0, 0.1) is 0 Å². The largest absolute Gasteiger partial charge is 0.497 e. The van der Waals surface area contributed by atoms with Crippen molar-refractivity contribution in [3.8, 4) is 5.75 Å². The molecular weight excluding hydrogens is 216 g/mol. The Morgan fingerprint density at radius 1 is 1.47 bits per heavy atom. The lowest BCUT2D eigenvalue weighted by atomic mass is 10.0. The lowest BCUT2D eigenvalue weighted by Gasteiger charge is -2.26. The van der Waals surface area contributed by atoms with Gasteiger partial charge in [0.25, 0.3) is 0 Å². The van der Waals surface area contributed by atoms with Crippen LogP contribution in [0.5, 0.6) is 5.75 Å². The first-order chi connectivity index (χ1) is 8.29. The molecule has 0 radical (unpaired) electrons. The molecule has 1 heterocycles. The van der Waals surface area contributed by atoms with Gasteiger partial charge in [0.05, 0.1) is 19.8 Å². The van der Waals surface area contributed by atoms with Crippen molar-refractivity contribution in [1.29, 1.82) is 0 Å². The van der Waals surface area contributed by atoms with Gasteiger partial charge >= 0.3 is 0 Å². The van der Waals surface area contributed by atoms with Crippen LogP contribution in [-0.2, 0) is 4.74 Å². The summed E-state index contributed by atoms with van der Waals surface area (Å²) in [6.45, 7) is 2.61. The third kappa shape index (κ3) is 3.43. The molecule has 1 aliphatic rings. The summed E-state index contributed by atoms with van der Waals surface area (Å²) < 4.78 is 10.8. The fourth-order valence-electron chi connectivity index (χ4n) is 2.04. The minimum absolute atomic E-state index is 0.0193. The summed E-state index contributed by atoms with van der Waals surface area (Å²) in [7, 11) is 1.66. The van der Waals surface area contributed by atoms with Gasteiger partial charge in [-0.05, 0) is 24.1 Å². The monoisotopic (exact) mass is 236 g/mol. The molecule has 1 aromatic rings. The predicted octanol–water partition coefficient (Wildman–Crippen LogP) is 1.07. The molecule has 2 rings (SSSR count). The zero-order chi connectivity index (χ0) is 12.1. The highest BCUT2D eigenvalue weighted by atomic mass is 16.5. The SMILES string of the molecule is COc1ccc(C(N)CC2CNCCO2)cc1. The van der Waals surface area contributed by atoms with Crippen LogP contribution in [0.3, 0.4) is 0 Å². The number of nitrogens with one attached hydrogen (secondary N) is 1. The minimum atomic E-state index is 0.0193. The summed E-state index contributed by atoms with van der Waals surface area (Å²) in [6, 6.07) is 7.93. The molecule has 1 aromatic carbocycles. The quantitative estimate of drug-likeness (QED) is 0.821. The second kappa shape index (κ2) is 6.00. The van der Waals surface area contributed by atoms with E-state index in [4.69, 9.17) is 15.2 Å². The van der Waals surface area contributed by atoms with Crippen molar-refractivity contribution in [2.75, 3.05) is 26.8 Å². The number of morpholine rings is 1. The van der Waals surface area contributed by atoms with Crippen molar-refractivity contribution in [2.45, 2.75) is 18.6 Å². The van der Waals surface area contributed by atoms with Crippen molar-refractivity contribution < 1.29 is 9.47 Å². The second-order valence-corrected chi connectivity index (χ2v) is 4.31. The average Bonchev–Trinajstić information content (AvgIpc) is 2.40. The molecule has 4 heteroatoms. The molecule has 0 bridgehead atoms. The van der Waals surface area contributed by atoms with Gasteiger partial charge < -0.3 is 20.5 Å². The molecule has 17 heavy (non-hydrogen) atoms. The van der Waals surface area contributed by atoms with Gasteiger partial charge in [0.2, 0.25) is 0 Å². The van der Waals surface area contributed by atoms with E-state index in [9.17, 15) is 0 Å². The summed E-state index contributed by atoms with van der Waals surface area (Å²) in [5.41, 5.74) is 7.29. The molecule has 2 unspecified atom stereocenters. The van der Waals surface area contributed by atoms with Crippen molar-refractivity contribution in [2.24, 2.45) is 5.73 Å². The Labute approximate surface area is 102 Å². The smallest absolute Gasteiger partial charge is 0.118 e. The first kappa shape index (κ1) is 12.4. The molecule has 1 aliphatic heterocycles. The second-order valence-electron chi connectivity index (χ2n) is 4.31. The number of methoxy groups -OCH3 is 1. The number of benzene rings is 1. The summed E-state index contributed by atoms with van der Waals surface area (Å²) in [6.07, 6.45) is 1.07. The fraction of sp³-hybridized carbons (Fsp3) is 0.538. The number of hydrogen-bond donors (Lipinski definition) is 2. The maximum absolute atomic E-state index is 6.17. The highest BCUT2D eigenvalue weighted by Crippen LogP contribution is 2.20. The Bertz CT molecular complexity index is 334. The zero-order valence-corrected chi connectivity index (χ0v) is 10.2. The van der Waals surface area contributed by atoms with Crippen LogP contribution in [0.4, 0.5) is 0 Å². The molecule has 0 saturated carbocycles. The van der Waals surface area contributed by atoms with Crippen LogP contribution in [0.25, 0.3) is 0 Å². The van der Waals surface area contributed by atoms with Crippen LogP contribution in [0.2, 0.25) is 0 Å². The van der Waals surface area contributed by atoms with Gasteiger partial charge in [-0.2, -0.15) is 0 Å². The zero-order valence-electron chi connectivity index (χ0n) is 10.2. The van der Waals surface area contributed by atoms with Crippen LogP contribution in [-0.4, -0.2) is 32.9 Å².